The van der Waals surface area contributed by atoms with Crippen LogP contribution in [0.1, 0.15) is 24.0 Å². The van der Waals surface area contributed by atoms with E-state index in [1.54, 1.807) is 24.3 Å². The van der Waals surface area contributed by atoms with Gasteiger partial charge in [0.2, 0.25) is 10.0 Å². The molecule has 0 bridgehead atoms. The Kier molecular flexibility index (Phi) is 5.12. The number of benzene rings is 1. The third kappa shape index (κ3) is 4.60. The minimum absolute atomic E-state index is 0.0759. The summed E-state index contributed by atoms with van der Waals surface area (Å²) in [4.78, 5) is 0. The average Bonchev–Trinajstić information content (AvgIpc) is 2.46. The summed E-state index contributed by atoms with van der Waals surface area (Å²) < 4.78 is 26.7. The smallest absolute Gasteiger partial charge is 0.215 e. The van der Waals surface area contributed by atoms with Crippen molar-refractivity contribution in [3.63, 3.8) is 0 Å². The summed E-state index contributed by atoms with van der Waals surface area (Å²) in [5, 5.41) is 12.1. The number of sulfonamides is 1. The zero-order valence-electron chi connectivity index (χ0n) is 11.3. The van der Waals surface area contributed by atoms with Crippen LogP contribution in [0.15, 0.2) is 24.3 Å². The molecule has 1 aromatic rings. The van der Waals surface area contributed by atoms with Gasteiger partial charge in [0.1, 0.15) is 0 Å². The van der Waals surface area contributed by atoms with Crippen molar-refractivity contribution < 1.29 is 8.42 Å². The van der Waals surface area contributed by atoms with Crippen molar-refractivity contribution in [3.8, 4) is 6.07 Å². The molecule has 1 fully saturated rings. The predicted molar refractivity (Wildman–Crippen MR) is 77.4 cm³/mol. The Morgan fingerprint density at radius 2 is 2.10 bits per heavy atom. The van der Waals surface area contributed by atoms with Crippen LogP contribution in [0.4, 0.5) is 0 Å². The van der Waals surface area contributed by atoms with Crippen molar-refractivity contribution in [1.29, 1.82) is 5.26 Å². The SMILES string of the molecule is N#Cc1cccc(CS(=O)(=O)NCC2CCNCC2)c1. The first-order valence-corrected chi connectivity index (χ1v) is 8.41. The van der Waals surface area contributed by atoms with Crippen LogP contribution < -0.4 is 10.0 Å². The second kappa shape index (κ2) is 6.84. The monoisotopic (exact) mass is 293 g/mol. The van der Waals surface area contributed by atoms with E-state index in [1.807, 2.05) is 6.07 Å². The van der Waals surface area contributed by atoms with E-state index >= 15 is 0 Å². The molecule has 1 heterocycles. The third-order valence-electron chi connectivity index (χ3n) is 3.46. The average molecular weight is 293 g/mol. The summed E-state index contributed by atoms with van der Waals surface area (Å²) in [6, 6.07) is 8.73. The Balaban J connectivity index is 1.91. The van der Waals surface area contributed by atoms with Gasteiger partial charge in [-0.3, -0.25) is 0 Å². The summed E-state index contributed by atoms with van der Waals surface area (Å²) >= 11 is 0. The van der Waals surface area contributed by atoms with Gasteiger partial charge in [-0.15, -0.1) is 0 Å². The zero-order valence-corrected chi connectivity index (χ0v) is 12.1. The van der Waals surface area contributed by atoms with E-state index < -0.39 is 10.0 Å². The van der Waals surface area contributed by atoms with E-state index in [2.05, 4.69) is 10.0 Å². The molecule has 0 aromatic heterocycles. The number of piperidine rings is 1. The van der Waals surface area contributed by atoms with Crippen molar-refractivity contribution in [3.05, 3.63) is 35.4 Å². The van der Waals surface area contributed by atoms with Crippen molar-refractivity contribution >= 4 is 10.0 Å². The maximum atomic E-state index is 12.0. The van der Waals surface area contributed by atoms with Gasteiger partial charge in [0.05, 0.1) is 17.4 Å². The lowest BCUT2D eigenvalue weighted by Gasteiger charge is -2.22. The largest absolute Gasteiger partial charge is 0.317 e. The van der Waals surface area contributed by atoms with Gasteiger partial charge in [-0.1, -0.05) is 12.1 Å². The van der Waals surface area contributed by atoms with Crippen LogP contribution >= 0.6 is 0 Å². The summed E-state index contributed by atoms with van der Waals surface area (Å²) in [7, 11) is -3.34. The Bertz CT molecular complexity index is 587. The van der Waals surface area contributed by atoms with Crippen molar-refractivity contribution in [1.82, 2.24) is 10.0 Å². The number of nitriles is 1. The molecular weight excluding hydrogens is 274 g/mol. The fraction of sp³-hybridized carbons (Fsp3) is 0.500. The van der Waals surface area contributed by atoms with Crippen LogP contribution in [0.5, 0.6) is 0 Å². The molecule has 2 rings (SSSR count). The molecule has 0 saturated carbocycles. The Labute approximate surface area is 120 Å². The minimum Gasteiger partial charge on any atom is -0.317 e. The van der Waals surface area contributed by atoms with Crippen LogP contribution in [-0.4, -0.2) is 28.1 Å². The standard InChI is InChI=1S/C14H19N3O2S/c15-9-13-2-1-3-14(8-13)11-20(18,19)17-10-12-4-6-16-7-5-12/h1-3,8,12,16-17H,4-7,10-11H2. The maximum Gasteiger partial charge on any atom is 0.215 e. The quantitative estimate of drug-likeness (QED) is 0.848. The van der Waals surface area contributed by atoms with Crippen LogP contribution in [0.3, 0.4) is 0 Å². The molecule has 0 atom stereocenters. The fourth-order valence-corrected chi connectivity index (χ4v) is 3.54. The highest BCUT2D eigenvalue weighted by Crippen LogP contribution is 2.12. The highest BCUT2D eigenvalue weighted by atomic mass is 32.2. The van der Waals surface area contributed by atoms with Gasteiger partial charge < -0.3 is 5.32 Å². The second-order valence-corrected chi connectivity index (χ2v) is 6.92. The van der Waals surface area contributed by atoms with E-state index in [4.69, 9.17) is 5.26 Å². The fourth-order valence-electron chi connectivity index (χ4n) is 2.33. The summed E-state index contributed by atoms with van der Waals surface area (Å²) in [5.41, 5.74) is 1.12. The molecule has 0 amide bonds. The van der Waals surface area contributed by atoms with E-state index in [0.29, 0.717) is 23.6 Å². The lowest BCUT2D eigenvalue weighted by Crippen LogP contribution is -2.36. The first-order valence-electron chi connectivity index (χ1n) is 6.76. The molecule has 108 valence electrons. The number of rotatable bonds is 5. The van der Waals surface area contributed by atoms with Gasteiger partial charge >= 0.3 is 0 Å². The number of nitrogens with zero attached hydrogens (tertiary/aromatic N) is 1. The summed E-state index contributed by atoms with van der Waals surface area (Å²) in [6.07, 6.45) is 2.01. The summed E-state index contributed by atoms with van der Waals surface area (Å²) in [5.74, 6) is 0.337. The molecule has 20 heavy (non-hydrogen) atoms. The summed E-state index contributed by atoms with van der Waals surface area (Å²) in [6.45, 7) is 2.41. The highest BCUT2D eigenvalue weighted by Gasteiger charge is 2.17. The maximum absolute atomic E-state index is 12.0. The van der Waals surface area contributed by atoms with Crippen LogP contribution in [0.25, 0.3) is 0 Å². The molecule has 1 aliphatic rings. The number of nitrogens with one attached hydrogen (secondary N) is 2. The van der Waals surface area contributed by atoms with Gasteiger partial charge in [0.25, 0.3) is 0 Å². The van der Waals surface area contributed by atoms with Gasteiger partial charge in [0, 0.05) is 6.54 Å². The van der Waals surface area contributed by atoms with Crippen molar-refractivity contribution in [2.75, 3.05) is 19.6 Å². The number of hydrogen-bond donors (Lipinski definition) is 2. The molecule has 1 aliphatic heterocycles. The first-order chi connectivity index (χ1) is 9.59. The van der Waals surface area contributed by atoms with E-state index in [9.17, 15) is 8.42 Å². The molecular formula is C14H19N3O2S. The molecule has 1 saturated heterocycles. The lowest BCUT2D eigenvalue weighted by atomic mass is 9.99. The van der Waals surface area contributed by atoms with E-state index in [-0.39, 0.29) is 5.75 Å². The van der Waals surface area contributed by atoms with Crippen LogP contribution in [-0.2, 0) is 15.8 Å². The second-order valence-electron chi connectivity index (χ2n) is 5.11. The van der Waals surface area contributed by atoms with E-state index in [1.165, 1.54) is 0 Å². The van der Waals surface area contributed by atoms with Gasteiger partial charge in [-0.2, -0.15) is 5.26 Å². The van der Waals surface area contributed by atoms with Crippen LogP contribution in [0.2, 0.25) is 0 Å². The molecule has 5 nitrogen and oxygen atoms in total. The molecule has 6 heteroatoms. The zero-order chi connectivity index (χ0) is 14.4. The molecule has 2 N–H and O–H groups in total. The number of hydrogen-bond acceptors (Lipinski definition) is 4. The van der Waals surface area contributed by atoms with Crippen LogP contribution in [0, 0.1) is 17.2 Å². The highest BCUT2D eigenvalue weighted by molar-refractivity contribution is 7.88. The molecule has 1 aromatic carbocycles. The normalized spacial score (nSPS) is 16.8. The van der Waals surface area contributed by atoms with Crippen molar-refractivity contribution in [2.24, 2.45) is 5.92 Å². The Morgan fingerprint density at radius 1 is 1.35 bits per heavy atom. The Hall–Kier alpha value is -1.42. The Morgan fingerprint density at radius 3 is 2.80 bits per heavy atom. The molecule has 0 aliphatic carbocycles. The van der Waals surface area contributed by atoms with Gasteiger partial charge in [0.15, 0.2) is 0 Å². The lowest BCUT2D eigenvalue weighted by molar-refractivity contribution is 0.372. The molecule has 0 spiro atoms. The third-order valence-corrected chi connectivity index (χ3v) is 4.78. The predicted octanol–water partition coefficient (Wildman–Crippen LogP) is 0.977. The van der Waals surface area contributed by atoms with Crippen molar-refractivity contribution in [2.45, 2.75) is 18.6 Å². The minimum atomic E-state index is -3.34. The van der Waals surface area contributed by atoms with Gasteiger partial charge in [-0.05, 0) is 49.5 Å². The first kappa shape index (κ1) is 15.0. The van der Waals surface area contributed by atoms with E-state index in [0.717, 1.165) is 25.9 Å². The molecule has 0 radical (unpaired) electrons. The topological polar surface area (TPSA) is 82.0 Å². The molecule has 0 unspecified atom stereocenters. The van der Waals surface area contributed by atoms with Gasteiger partial charge in [-0.25, -0.2) is 13.1 Å².